The molecule has 1 aromatic heterocycles. The van der Waals surface area contributed by atoms with Gasteiger partial charge in [-0.15, -0.1) is 35.3 Å². The van der Waals surface area contributed by atoms with Gasteiger partial charge in [-0.1, -0.05) is 18.9 Å². The fraction of sp³-hybridized carbons (Fsp3) is 0.737. The summed E-state index contributed by atoms with van der Waals surface area (Å²) in [5.41, 5.74) is 0. The summed E-state index contributed by atoms with van der Waals surface area (Å²) >= 11 is 1.87. The summed E-state index contributed by atoms with van der Waals surface area (Å²) in [6.45, 7) is 7.56. The summed E-state index contributed by atoms with van der Waals surface area (Å²) < 4.78 is 0. The van der Waals surface area contributed by atoms with Crippen LogP contribution in [0.4, 0.5) is 0 Å². The van der Waals surface area contributed by atoms with Gasteiger partial charge in [0.1, 0.15) is 0 Å². The number of nitrogens with zero attached hydrogens (tertiary/aromatic N) is 2. The molecule has 2 heterocycles. The number of hydrogen-bond donors (Lipinski definition) is 2. The Morgan fingerprint density at radius 1 is 1.28 bits per heavy atom. The van der Waals surface area contributed by atoms with E-state index in [2.05, 4.69) is 40.0 Å². The predicted molar refractivity (Wildman–Crippen MR) is 119 cm³/mol. The lowest BCUT2D eigenvalue weighted by Gasteiger charge is -2.31. The average molecular weight is 476 g/mol. The second-order valence-corrected chi connectivity index (χ2v) is 8.20. The monoisotopic (exact) mass is 476 g/mol. The Labute approximate surface area is 173 Å². The van der Waals surface area contributed by atoms with Crippen molar-refractivity contribution in [3.05, 3.63) is 22.4 Å². The largest absolute Gasteiger partial charge is 0.357 e. The third kappa shape index (κ3) is 7.06. The van der Waals surface area contributed by atoms with Gasteiger partial charge in [0.25, 0.3) is 0 Å². The van der Waals surface area contributed by atoms with Crippen LogP contribution in [-0.2, 0) is 6.54 Å². The van der Waals surface area contributed by atoms with E-state index in [-0.39, 0.29) is 24.0 Å². The topological polar surface area (TPSA) is 39.7 Å². The lowest BCUT2D eigenvalue weighted by molar-refractivity contribution is 0.172. The molecule has 2 N–H and O–H groups in total. The molecule has 0 spiro atoms. The molecule has 0 amide bonds. The molecule has 142 valence electrons. The summed E-state index contributed by atoms with van der Waals surface area (Å²) in [5, 5.41) is 9.23. The zero-order valence-electron chi connectivity index (χ0n) is 15.4. The van der Waals surface area contributed by atoms with Crippen LogP contribution in [0.25, 0.3) is 0 Å². The van der Waals surface area contributed by atoms with E-state index in [0.29, 0.717) is 12.0 Å². The highest BCUT2D eigenvalue weighted by Crippen LogP contribution is 2.21. The smallest absolute Gasteiger partial charge is 0.191 e. The first-order chi connectivity index (χ1) is 11.8. The summed E-state index contributed by atoms with van der Waals surface area (Å²) in [6, 6.07) is 5.04. The molecular weight excluding hydrogens is 443 g/mol. The molecular formula is C19H33IN4S. The molecule has 0 aromatic carbocycles. The number of piperidine rings is 1. The molecule has 1 saturated carbocycles. The van der Waals surface area contributed by atoms with Gasteiger partial charge in [0.15, 0.2) is 5.96 Å². The summed E-state index contributed by atoms with van der Waals surface area (Å²) in [4.78, 5) is 8.99. The maximum Gasteiger partial charge on any atom is 0.191 e. The van der Waals surface area contributed by atoms with Gasteiger partial charge in [-0.25, -0.2) is 0 Å². The third-order valence-corrected chi connectivity index (χ3v) is 5.97. The Balaban J connectivity index is 0.00000225. The van der Waals surface area contributed by atoms with Gasteiger partial charge in [0.2, 0.25) is 0 Å². The minimum atomic E-state index is 0. The normalized spacial score (nSPS) is 22.6. The Hall–Kier alpha value is -0.340. The number of hydrogen-bond acceptors (Lipinski definition) is 3. The highest BCUT2D eigenvalue weighted by Gasteiger charge is 2.21. The van der Waals surface area contributed by atoms with E-state index < -0.39 is 0 Å². The van der Waals surface area contributed by atoms with Gasteiger partial charge in [0.05, 0.1) is 0 Å². The maximum atomic E-state index is 4.90. The number of aliphatic imine (C=N–C) groups is 1. The summed E-state index contributed by atoms with van der Waals surface area (Å²) in [6.07, 6.45) is 7.92. The predicted octanol–water partition coefficient (Wildman–Crippen LogP) is 4.08. The third-order valence-electron chi connectivity index (χ3n) is 5.11. The zero-order chi connectivity index (χ0) is 16.6. The highest BCUT2D eigenvalue weighted by molar-refractivity contribution is 14.0. The van der Waals surface area contributed by atoms with Crippen molar-refractivity contribution in [3.63, 3.8) is 0 Å². The second kappa shape index (κ2) is 11.4. The maximum absolute atomic E-state index is 4.90. The van der Waals surface area contributed by atoms with E-state index in [9.17, 15) is 0 Å². The van der Waals surface area contributed by atoms with Crippen LogP contribution in [0.15, 0.2) is 22.5 Å². The lowest BCUT2D eigenvalue weighted by Crippen LogP contribution is -2.43. The number of guanidine groups is 1. The van der Waals surface area contributed by atoms with Gasteiger partial charge in [-0.05, 0) is 56.5 Å². The Kier molecular flexibility index (Phi) is 9.55. The average Bonchev–Trinajstić information content (AvgIpc) is 3.27. The first kappa shape index (κ1) is 21.0. The van der Waals surface area contributed by atoms with E-state index >= 15 is 0 Å². The van der Waals surface area contributed by atoms with Crippen molar-refractivity contribution in [2.24, 2.45) is 10.9 Å². The fourth-order valence-electron chi connectivity index (χ4n) is 3.87. The zero-order valence-corrected chi connectivity index (χ0v) is 18.5. The van der Waals surface area contributed by atoms with Gasteiger partial charge < -0.3 is 10.6 Å². The molecule has 2 aliphatic rings. The van der Waals surface area contributed by atoms with Crippen LogP contribution >= 0.6 is 35.3 Å². The Morgan fingerprint density at radius 3 is 2.84 bits per heavy atom. The molecule has 4 nitrogen and oxygen atoms in total. The van der Waals surface area contributed by atoms with Gasteiger partial charge >= 0.3 is 0 Å². The lowest BCUT2D eigenvalue weighted by atomic mass is 9.98. The minimum absolute atomic E-state index is 0. The van der Waals surface area contributed by atoms with Crippen molar-refractivity contribution in [1.82, 2.24) is 15.5 Å². The molecule has 25 heavy (non-hydrogen) atoms. The van der Waals surface area contributed by atoms with Crippen molar-refractivity contribution in [1.29, 1.82) is 0 Å². The van der Waals surface area contributed by atoms with E-state index in [1.54, 1.807) is 0 Å². The Morgan fingerprint density at radius 2 is 2.12 bits per heavy atom. The molecule has 1 unspecified atom stereocenters. The quantitative estimate of drug-likeness (QED) is 0.370. The first-order valence-corrected chi connectivity index (χ1v) is 10.5. The first-order valence-electron chi connectivity index (χ1n) is 9.63. The molecule has 2 fully saturated rings. The van der Waals surface area contributed by atoms with Crippen LogP contribution in [-0.4, -0.2) is 43.1 Å². The van der Waals surface area contributed by atoms with Crippen LogP contribution in [0.3, 0.4) is 0 Å². The van der Waals surface area contributed by atoms with Crippen LogP contribution < -0.4 is 10.6 Å². The van der Waals surface area contributed by atoms with Crippen molar-refractivity contribution < 1.29 is 0 Å². The minimum Gasteiger partial charge on any atom is -0.357 e. The van der Waals surface area contributed by atoms with Gasteiger partial charge in [-0.3, -0.25) is 9.89 Å². The fourth-order valence-corrected chi connectivity index (χ4v) is 4.62. The van der Waals surface area contributed by atoms with Crippen molar-refractivity contribution >= 4 is 41.3 Å². The van der Waals surface area contributed by atoms with Crippen LogP contribution in [0.1, 0.15) is 50.3 Å². The Bertz CT molecular complexity index is 500. The number of halogens is 1. The number of likely N-dealkylation sites (tertiary alicyclic amines) is 1. The van der Waals surface area contributed by atoms with Crippen LogP contribution in [0, 0.1) is 5.92 Å². The molecule has 0 radical (unpaired) electrons. The van der Waals surface area contributed by atoms with Crippen molar-refractivity contribution in [2.45, 2.75) is 58.0 Å². The molecule has 6 heteroatoms. The second-order valence-electron chi connectivity index (χ2n) is 7.17. The standard InChI is InChI=1S/C19H32N4S.HI/c1-2-20-19(22-17-8-3-4-9-17)21-13-16-7-5-11-23(14-16)15-18-10-6-12-24-18;/h6,10,12,16-17H,2-5,7-9,11,13-15H2,1H3,(H2,20,21,22);1H. The van der Waals surface area contributed by atoms with Crippen molar-refractivity contribution in [2.75, 3.05) is 26.2 Å². The molecule has 3 rings (SSSR count). The molecule has 1 atom stereocenters. The summed E-state index contributed by atoms with van der Waals surface area (Å²) in [5.74, 6) is 1.72. The van der Waals surface area contributed by atoms with Crippen LogP contribution in [0.2, 0.25) is 0 Å². The van der Waals surface area contributed by atoms with E-state index in [1.165, 1.54) is 56.5 Å². The molecule has 1 aromatic rings. The molecule has 1 aliphatic carbocycles. The summed E-state index contributed by atoms with van der Waals surface area (Å²) in [7, 11) is 0. The van der Waals surface area contributed by atoms with Gasteiger partial charge in [0, 0.05) is 37.1 Å². The number of nitrogens with one attached hydrogen (secondary N) is 2. The molecule has 0 bridgehead atoms. The van der Waals surface area contributed by atoms with Crippen molar-refractivity contribution in [3.8, 4) is 0 Å². The van der Waals surface area contributed by atoms with E-state index in [1.807, 2.05) is 11.3 Å². The van der Waals surface area contributed by atoms with Gasteiger partial charge in [-0.2, -0.15) is 0 Å². The SMILES string of the molecule is CCNC(=NCC1CCCN(Cc2cccs2)C1)NC1CCCC1.I. The number of rotatable bonds is 6. The van der Waals surface area contributed by atoms with Crippen LogP contribution in [0.5, 0.6) is 0 Å². The van der Waals surface area contributed by atoms with E-state index in [0.717, 1.165) is 25.6 Å². The molecule has 1 saturated heterocycles. The van der Waals surface area contributed by atoms with E-state index in [4.69, 9.17) is 4.99 Å². The highest BCUT2D eigenvalue weighted by atomic mass is 127. The number of thiophene rings is 1. The molecule has 1 aliphatic heterocycles.